The van der Waals surface area contributed by atoms with E-state index in [9.17, 15) is 0 Å². The smallest absolute Gasteiger partial charge is 0.235 e. The van der Waals surface area contributed by atoms with Gasteiger partial charge in [-0.05, 0) is 82.9 Å². The van der Waals surface area contributed by atoms with E-state index in [0.29, 0.717) is 5.95 Å². The largest absolute Gasteiger partial charge is 0.454 e. The van der Waals surface area contributed by atoms with Crippen molar-refractivity contribution in [1.82, 2.24) is 14.5 Å². The van der Waals surface area contributed by atoms with Crippen LogP contribution < -0.4 is 4.90 Å². The Balaban J connectivity index is 0.929. The number of rotatable bonds is 5. The molecule has 9 aromatic carbocycles. The van der Waals surface area contributed by atoms with Gasteiger partial charge >= 0.3 is 0 Å². The van der Waals surface area contributed by atoms with E-state index in [0.717, 1.165) is 99.8 Å². The number of fused-ring (bicyclic) bond motifs is 9. The Hall–Kier alpha value is -7.93. The lowest BCUT2D eigenvalue weighted by Gasteiger charge is -2.33. The number of hydrogen-bond donors (Lipinski definition) is 0. The van der Waals surface area contributed by atoms with Crippen molar-refractivity contribution in [2.75, 3.05) is 4.90 Å². The highest BCUT2D eigenvalue weighted by molar-refractivity contribution is 7.99. The van der Waals surface area contributed by atoms with E-state index in [-0.39, 0.29) is 0 Å². The van der Waals surface area contributed by atoms with E-state index >= 15 is 0 Å². The molecular formula is C56H34N4OS. The fraction of sp³-hybridized carbons (Fsp3) is 0. The van der Waals surface area contributed by atoms with Crippen LogP contribution in [-0.4, -0.2) is 14.5 Å². The first kappa shape index (κ1) is 34.9. The summed E-state index contributed by atoms with van der Waals surface area (Å²) in [6.07, 6.45) is 0. The zero-order chi connectivity index (χ0) is 40.7. The van der Waals surface area contributed by atoms with Gasteiger partial charge in [0.2, 0.25) is 5.95 Å². The van der Waals surface area contributed by atoms with E-state index in [2.05, 4.69) is 191 Å². The highest BCUT2D eigenvalue weighted by Crippen LogP contribution is 2.54. The molecule has 0 unspecified atom stereocenters. The maximum Gasteiger partial charge on any atom is 0.235 e. The number of nitrogens with zero attached hydrogens (tertiary/aromatic N) is 4. The van der Waals surface area contributed by atoms with E-state index in [1.54, 1.807) is 0 Å². The van der Waals surface area contributed by atoms with Crippen LogP contribution in [0.15, 0.2) is 220 Å². The summed E-state index contributed by atoms with van der Waals surface area (Å²) in [5.74, 6) is 0.651. The fourth-order valence-corrected chi connectivity index (χ4v) is 10.4. The van der Waals surface area contributed by atoms with Gasteiger partial charge < -0.3 is 9.32 Å². The first-order valence-electron chi connectivity index (χ1n) is 20.8. The lowest BCUT2D eigenvalue weighted by Crippen LogP contribution is -2.15. The molecule has 0 spiro atoms. The number of anilines is 3. The minimum atomic E-state index is 0.651. The molecule has 1 aliphatic heterocycles. The lowest BCUT2D eigenvalue weighted by atomic mass is 9.98. The van der Waals surface area contributed by atoms with Crippen molar-refractivity contribution >= 4 is 83.5 Å². The molecule has 12 aromatic rings. The molecule has 4 heterocycles. The molecule has 290 valence electrons. The average Bonchev–Trinajstić information content (AvgIpc) is 3.89. The Morgan fingerprint density at radius 1 is 0.387 bits per heavy atom. The Morgan fingerprint density at radius 3 is 1.92 bits per heavy atom. The van der Waals surface area contributed by atoms with Crippen LogP contribution in [0.5, 0.6) is 0 Å². The zero-order valence-corrected chi connectivity index (χ0v) is 34.1. The molecule has 0 bridgehead atoms. The van der Waals surface area contributed by atoms with Gasteiger partial charge in [-0.25, -0.2) is 9.97 Å². The highest BCUT2D eigenvalue weighted by Gasteiger charge is 2.28. The Kier molecular flexibility index (Phi) is 7.77. The van der Waals surface area contributed by atoms with Gasteiger partial charge in [0.25, 0.3) is 0 Å². The van der Waals surface area contributed by atoms with Crippen LogP contribution in [-0.2, 0) is 0 Å². The summed E-state index contributed by atoms with van der Waals surface area (Å²) in [5, 5.41) is 5.60. The molecule has 0 saturated carbocycles. The first-order valence-corrected chi connectivity index (χ1v) is 21.6. The molecule has 62 heavy (non-hydrogen) atoms. The molecule has 0 amide bonds. The van der Waals surface area contributed by atoms with Crippen molar-refractivity contribution < 1.29 is 4.42 Å². The second-order valence-electron chi connectivity index (χ2n) is 15.8. The molecule has 0 aliphatic carbocycles. The van der Waals surface area contributed by atoms with Crippen LogP contribution in [0, 0.1) is 0 Å². The monoisotopic (exact) mass is 810 g/mol. The molecule has 6 heteroatoms. The second-order valence-corrected chi connectivity index (χ2v) is 16.8. The van der Waals surface area contributed by atoms with Gasteiger partial charge in [-0.1, -0.05) is 157 Å². The SMILES string of the molecule is c1ccc(-c2nc(-n3c4ccccc4c4ccc(-c5cccc(-c6ccc7c(c6)Sc6ccccc6N7c6cccc7c6oc6ccccc67)c5)cc43)nc3ccccc23)cc1. The molecule has 13 rings (SSSR count). The zero-order valence-electron chi connectivity index (χ0n) is 33.2. The van der Waals surface area contributed by atoms with Gasteiger partial charge in [0, 0.05) is 42.3 Å². The maximum absolute atomic E-state index is 6.58. The normalized spacial score (nSPS) is 12.4. The van der Waals surface area contributed by atoms with Crippen molar-refractivity contribution in [3.63, 3.8) is 0 Å². The van der Waals surface area contributed by atoms with Crippen LogP contribution in [0.1, 0.15) is 0 Å². The summed E-state index contributed by atoms with van der Waals surface area (Å²) >= 11 is 1.82. The number of para-hydroxylation sites is 5. The van der Waals surface area contributed by atoms with Gasteiger partial charge in [-0.3, -0.25) is 4.57 Å². The molecule has 0 atom stereocenters. The third kappa shape index (κ3) is 5.44. The molecule has 5 nitrogen and oxygen atoms in total. The predicted molar refractivity (Wildman–Crippen MR) is 256 cm³/mol. The molecule has 0 fully saturated rings. The predicted octanol–water partition coefficient (Wildman–Crippen LogP) is 15.6. The Bertz CT molecular complexity index is 3760. The minimum Gasteiger partial charge on any atom is -0.454 e. The van der Waals surface area contributed by atoms with Crippen molar-refractivity contribution in [3.05, 3.63) is 206 Å². The summed E-state index contributed by atoms with van der Waals surface area (Å²) in [5.41, 5.74) is 14.7. The first-order chi connectivity index (χ1) is 30.7. The number of benzene rings is 9. The third-order valence-corrected chi connectivity index (χ3v) is 13.3. The van der Waals surface area contributed by atoms with E-state index in [1.165, 1.54) is 15.2 Å². The van der Waals surface area contributed by atoms with Crippen LogP contribution in [0.25, 0.3) is 94.1 Å². The molecule has 0 saturated heterocycles. The average molecular weight is 811 g/mol. The Morgan fingerprint density at radius 2 is 1.02 bits per heavy atom. The molecule has 3 aromatic heterocycles. The highest BCUT2D eigenvalue weighted by atomic mass is 32.2. The molecule has 0 radical (unpaired) electrons. The van der Waals surface area contributed by atoms with Crippen molar-refractivity contribution in [2.45, 2.75) is 9.79 Å². The van der Waals surface area contributed by atoms with Crippen LogP contribution in [0.4, 0.5) is 17.1 Å². The van der Waals surface area contributed by atoms with E-state index in [4.69, 9.17) is 14.4 Å². The van der Waals surface area contributed by atoms with Gasteiger partial charge in [0.1, 0.15) is 5.58 Å². The minimum absolute atomic E-state index is 0.651. The summed E-state index contributed by atoms with van der Waals surface area (Å²) in [4.78, 5) is 15.3. The van der Waals surface area contributed by atoms with Crippen LogP contribution in [0.2, 0.25) is 0 Å². The van der Waals surface area contributed by atoms with Gasteiger partial charge in [0.05, 0.1) is 39.3 Å². The van der Waals surface area contributed by atoms with Crippen LogP contribution in [0.3, 0.4) is 0 Å². The molecule has 1 aliphatic rings. The van der Waals surface area contributed by atoms with Gasteiger partial charge in [0.15, 0.2) is 5.58 Å². The Labute approximate surface area is 361 Å². The number of furan rings is 1. The second kappa shape index (κ2) is 13.8. The van der Waals surface area contributed by atoms with Crippen molar-refractivity contribution in [2.24, 2.45) is 0 Å². The molecular weight excluding hydrogens is 777 g/mol. The topological polar surface area (TPSA) is 47.1 Å². The number of aromatic nitrogens is 3. The molecule has 0 N–H and O–H groups in total. The van der Waals surface area contributed by atoms with Crippen molar-refractivity contribution in [1.29, 1.82) is 0 Å². The van der Waals surface area contributed by atoms with E-state index < -0.39 is 0 Å². The standard InChI is InChI=1S/C56H34N4OS/c1-2-14-35(15-3-1)54-44-20-4-7-22-45(44)57-56(58-54)60-46-23-8-5-18-40(46)41-30-28-38(33-50(41)60)36-16-12-17-37(32-36)39-29-31-48-53(34-39)62-52-27-11-9-24-47(52)59(48)49-25-13-21-43-42-19-6-10-26-51(42)61-55(43)49/h1-34H. The fourth-order valence-electron chi connectivity index (χ4n) is 9.33. The summed E-state index contributed by atoms with van der Waals surface area (Å²) in [7, 11) is 0. The van der Waals surface area contributed by atoms with Crippen molar-refractivity contribution in [3.8, 4) is 39.5 Å². The van der Waals surface area contributed by atoms with E-state index in [1.807, 2.05) is 36.0 Å². The third-order valence-electron chi connectivity index (χ3n) is 12.2. The quantitative estimate of drug-likeness (QED) is 0.173. The van der Waals surface area contributed by atoms with Gasteiger partial charge in [-0.15, -0.1) is 0 Å². The number of hydrogen-bond acceptors (Lipinski definition) is 5. The summed E-state index contributed by atoms with van der Waals surface area (Å²) in [6.45, 7) is 0. The van der Waals surface area contributed by atoms with Gasteiger partial charge in [-0.2, -0.15) is 0 Å². The maximum atomic E-state index is 6.58. The van der Waals surface area contributed by atoms with Crippen LogP contribution >= 0.6 is 11.8 Å². The summed E-state index contributed by atoms with van der Waals surface area (Å²) in [6, 6.07) is 73.2. The lowest BCUT2D eigenvalue weighted by molar-refractivity contribution is 0.669. The summed E-state index contributed by atoms with van der Waals surface area (Å²) < 4.78 is 8.80.